The van der Waals surface area contributed by atoms with Gasteiger partial charge in [-0.2, -0.15) is 18.3 Å². The minimum absolute atomic E-state index is 0. The fourth-order valence-electron chi connectivity index (χ4n) is 0.474. The van der Waals surface area contributed by atoms with Gasteiger partial charge in [0.25, 0.3) is 0 Å². The van der Waals surface area contributed by atoms with Crippen molar-refractivity contribution in [3.63, 3.8) is 0 Å². The van der Waals surface area contributed by atoms with Crippen molar-refractivity contribution in [2.45, 2.75) is 6.18 Å². The number of halogens is 4. The zero-order valence-electron chi connectivity index (χ0n) is 5.84. The van der Waals surface area contributed by atoms with Crippen molar-refractivity contribution in [3.8, 4) is 0 Å². The van der Waals surface area contributed by atoms with E-state index in [2.05, 4.69) is 5.10 Å². The maximum Gasteiger partial charge on any atom is 0.445 e. The van der Waals surface area contributed by atoms with E-state index in [0.717, 1.165) is 4.68 Å². The summed E-state index contributed by atoms with van der Waals surface area (Å²) in [5, 5.41) is 9.06. The Hall–Kier alpha value is -0.120. The Balaban J connectivity index is 0.00000121. The molecule has 3 nitrogen and oxygen atoms in total. The normalized spacial score (nSPS) is 11.0. The Morgan fingerprint density at radius 1 is 1.50 bits per heavy atom. The standard InChI is InChI=1S/C4H4F3N3S.HI/c1-10-3(8)11-2(9-10)4(5,6)7;/h8H,1H3;1H. The van der Waals surface area contributed by atoms with E-state index >= 15 is 0 Å². The third kappa shape index (κ3) is 2.44. The van der Waals surface area contributed by atoms with Gasteiger partial charge in [0.2, 0.25) is 5.01 Å². The van der Waals surface area contributed by atoms with Crippen molar-refractivity contribution in [3.05, 3.63) is 9.81 Å². The van der Waals surface area contributed by atoms with Gasteiger partial charge in [0.15, 0.2) is 4.80 Å². The highest BCUT2D eigenvalue weighted by Crippen LogP contribution is 2.28. The second kappa shape index (κ2) is 3.73. The SMILES string of the molecule is Cn1nc(C(F)(F)F)sc1=N.I. The summed E-state index contributed by atoms with van der Waals surface area (Å²) in [6.07, 6.45) is -4.43. The summed E-state index contributed by atoms with van der Waals surface area (Å²) in [6.45, 7) is 0. The molecule has 0 unspecified atom stereocenters. The first-order valence-corrected chi connectivity index (χ1v) is 3.39. The molecule has 8 heteroatoms. The van der Waals surface area contributed by atoms with Crippen LogP contribution in [0, 0.1) is 5.41 Å². The highest BCUT2D eigenvalue weighted by atomic mass is 127. The molecular weight excluding hydrogens is 306 g/mol. The summed E-state index contributed by atoms with van der Waals surface area (Å²) in [4.78, 5) is -0.211. The molecule has 0 saturated carbocycles. The van der Waals surface area contributed by atoms with Crippen LogP contribution in [0.25, 0.3) is 0 Å². The predicted octanol–water partition coefficient (Wildman–Crippen LogP) is 1.60. The van der Waals surface area contributed by atoms with Gasteiger partial charge in [-0.05, 0) is 0 Å². The van der Waals surface area contributed by atoms with Gasteiger partial charge in [-0.15, -0.1) is 24.0 Å². The number of nitrogens with zero attached hydrogens (tertiary/aromatic N) is 2. The van der Waals surface area contributed by atoms with Crippen LogP contribution < -0.4 is 4.80 Å². The first kappa shape index (κ1) is 11.9. The van der Waals surface area contributed by atoms with Crippen molar-refractivity contribution >= 4 is 35.3 Å². The summed E-state index contributed by atoms with van der Waals surface area (Å²) in [5.41, 5.74) is 0. The largest absolute Gasteiger partial charge is 0.445 e. The minimum Gasteiger partial charge on any atom is -0.274 e. The fraction of sp³-hybridized carbons (Fsp3) is 0.500. The Morgan fingerprint density at radius 2 is 2.00 bits per heavy atom. The van der Waals surface area contributed by atoms with Gasteiger partial charge >= 0.3 is 6.18 Å². The van der Waals surface area contributed by atoms with Crippen LogP contribution in [0.1, 0.15) is 5.01 Å². The lowest BCUT2D eigenvalue weighted by Crippen LogP contribution is -2.10. The molecule has 1 aromatic rings. The molecule has 1 heterocycles. The summed E-state index contributed by atoms with van der Waals surface area (Å²) in [5.74, 6) is 0. The molecule has 1 N–H and O–H groups in total. The predicted molar refractivity (Wildman–Crippen MR) is 47.4 cm³/mol. The van der Waals surface area contributed by atoms with Crippen LogP contribution in [-0.4, -0.2) is 9.78 Å². The second-order valence-corrected chi connectivity index (χ2v) is 2.81. The highest BCUT2D eigenvalue weighted by Gasteiger charge is 2.35. The second-order valence-electron chi connectivity index (χ2n) is 1.83. The number of hydrogen-bond acceptors (Lipinski definition) is 3. The van der Waals surface area contributed by atoms with Crippen molar-refractivity contribution in [1.29, 1.82) is 5.41 Å². The molecule has 1 rings (SSSR count). The Morgan fingerprint density at radius 3 is 2.17 bits per heavy atom. The van der Waals surface area contributed by atoms with E-state index < -0.39 is 11.2 Å². The van der Waals surface area contributed by atoms with E-state index in [0.29, 0.717) is 11.3 Å². The lowest BCUT2D eigenvalue weighted by molar-refractivity contribution is -0.138. The average Bonchev–Trinajstić information content (AvgIpc) is 2.11. The number of aromatic nitrogens is 2. The maximum atomic E-state index is 11.8. The molecule has 0 amide bonds. The topological polar surface area (TPSA) is 41.7 Å². The number of nitrogens with one attached hydrogen (secondary N) is 1. The Labute approximate surface area is 86.7 Å². The van der Waals surface area contributed by atoms with Gasteiger partial charge in [0, 0.05) is 7.05 Å². The Kier molecular flexibility index (Phi) is 3.69. The van der Waals surface area contributed by atoms with Gasteiger partial charge < -0.3 is 0 Å². The lowest BCUT2D eigenvalue weighted by Gasteiger charge is -1.97. The molecule has 0 spiro atoms. The van der Waals surface area contributed by atoms with E-state index in [1.807, 2.05) is 0 Å². The number of rotatable bonds is 0. The lowest BCUT2D eigenvalue weighted by atomic mass is 10.7. The molecule has 0 aliphatic rings. The number of hydrogen-bond donors (Lipinski definition) is 1. The molecule has 0 aliphatic carbocycles. The van der Waals surface area contributed by atoms with Gasteiger partial charge in [-0.1, -0.05) is 11.3 Å². The third-order valence-corrected chi connectivity index (χ3v) is 1.93. The molecule has 0 radical (unpaired) electrons. The van der Waals surface area contributed by atoms with Gasteiger partial charge in [0.1, 0.15) is 0 Å². The molecule has 0 aromatic carbocycles. The Bertz CT molecular complexity index is 314. The molecule has 0 aliphatic heterocycles. The van der Waals surface area contributed by atoms with Crippen molar-refractivity contribution in [2.24, 2.45) is 7.05 Å². The van der Waals surface area contributed by atoms with Crippen molar-refractivity contribution < 1.29 is 13.2 Å². The van der Waals surface area contributed by atoms with Crippen LogP contribution in [0.3, 0.4) is 0 Å². The van der Waals surface area contributed by atoms with E-state index in [4.69, 9.17) is 5.41 Å². The number of aryl methyl sites for hydroxylation is 1. The quantitative estimate of drug-likeness (QED) is 0.727. The molecule has 0 fully saturated rings. The van der Waals surface area contributed by atoms with Gasteiger partial charge in [0.05, 0.1) is 0 Å². The van der Waals surface area contributed by atoms with E-state index in [1.165, 1.54) is 7.05 Å². The molecule has 0 bridgehead atoms. The molecule has 1 aromatic heterocycles. The molecular formula is C4H5F3IN3S. The van der Waals surface area contributed by atoms with Crippen LogP contribution in [0.15, 0.2) is 0 Å². The molecule has 0 saturated heterocycles. The summed E-state index contributed by atoms with van der Waals surface area (Å²) < 4.78 is 36.4. The average molecular weight is 311 g/mol. The van der Waals surface area contributed by atoms with Crippen LogP contribution >= 0.6 is 35.3 Å². The third-order valence-electron chi connectivity index (χ3n) is 0.971. The van der Waals surface area contributed by atoms with Crippen LogP contribution in [0.4, 0.5) is 13.2 Å². The monoisotopic (exact) mass is 311 g/mol. The minimum atomic E-state index is -4.43. The first-order valence-electron chi connectivity index (χ1n) is 2.57. The molecule has 0 atom stereocenters. The van der Waals surface area contributed by atoms with Crippen molar-refractivity contribution in [1.82, 2.24) is 9.78 Å². The zero-order chi connectivity index (χ0) is 8.65. The molecule has 70 valence electrons. The van der Waals surface area contributed by atoms with Gasteiger partial charge in [-0.25, -0.2) is 4.68 Å². The van der Waals surface area contributed by atoms with Crippen LogP contribution in [0.5, 0.6) is 0 Å². The summed E-state index contributed by atoms with van der Waals surface area (Å²) in [7, 11) is 1.30. The van der Waals surface area contributed by atoms with Gasteiger partial charge in [-0.3, -0.25) is 5.41 Å². The number of alkyl halides is 3. The zero-order valence-corrected chi connectivity index (χ0v) is 8.99. The van der Waals surface area contributed by atoms with E-state index in [9.17, 15) is 13.2 Å². The summed E-state index contributed by atoms with van der Waals surface area (Å²) in [6, 6.07) is 0. The first-order chi connectivity index (χ1) is 4.91. The van der Waals surface area contributed by atoms with Crippen LogP contribution in [-0.2, 0) is 13.2 Å². The van der Waals surface area contributed by atoms with Crippen LogP contribution in [0.2, 0.25) is 0 Å². The van der Waals surface area contributed by atoms with E-state index in [1.54, 1.807) is 0 Å². The highest BCUT2D eigenvalue weighted by molar-refractivity contribution is 14.0. The van der Waals surface area contributed by atoms with Crippen molar-refractivity contribution in [2.75, 3.05) is 0 Å². The molecule has 12 heavy (non-hydrogen) atoms. The fourth-order valence-corrected chi connectivity index (χ4v) is 1.11. The van der Waals surface area contributed by atoms with E-state index in [-0.39, 0.29) is 28.8 Å². The smallest absolute Gasteiger partial charge is 0.274 e. The maximum absolute atomic E-state index is 11.8. The summed E-state index contributed by atoms with van der Waals surface area (Å²) >= 11 is 0.315.